The third kappa shape index (κ3) is 4.14. The van der Waals surface area contributed by atoms with E-state index in [9.17, 15) is 10.1 Å². The summed E-state index contributed by atoms with van der Waals surface area (Å²) in [6, 6.07) is 30.4. The number of para-hydroxylation sites is 3. The Labute approximate surface area is 242 Å². The van der Waals surface area contributed by atoms with E-state index >= 15 is 0 Å². The number of nitrogens with zero attached hydrogens (tertiary/aromatic N) is 6. The second-order valence-corrected chi connectivity index (χ2v) is 10.5. The molecule has 7 rings (SSSR count). The predicted molar refractivity (Wildman–Crippen MR) is 166 cm³/mol. The number of anilines is 2. The number of hydrogen-bond acceptors (Lipinski definition) is 6. The summed E-state index contributed by atoms with van der Waals surface area (Å²) < 4.78 is 1.84. The fraction of sp³-hybridized carbons (Fsp3) is 0.121. The highest BCUT2D eigenvalue weighted by atomic mass is 16.6. The van der Waals surface area contributed by atoms with Crippen LogP contribution in [0.1, 0.15) is 34.0 Å². The van der Waals surface area contributed by atoms with E-state index in [4.69, 9.17) is 15.1 Å². The number of aromatic nitrogens is 2. The van der Waals surface area contributed by atoms with E-state index < -0.39 is 6.04 Å². The van der Waals surface area contributed by atoms with E-state index in [1.165, 1.54) is 6.07 Å². The van der Waals surface area contributed by atoms with E-state index in [0.29, 0.717) is 17.5 Å². The first-order valence-corrected chi connectivity index (χ1v) is 13.7. The number of non-ortho nitro benzene ring substituents is 1. The molecule has 1 atom stereocenters. The number of nitrogens with one attached hydrogen (secondary N) is 1. The zero-order chi connectivity index (χ0) is 29.0. The molecule has 0 spiro atoms. The Morgan fingerprint density at radius 3 is 2.48 bits per heavy atom. The molecule has 42 heavy (non-hydrogen) atoms. The Balaban J connectivity index is 1.54. The minimum absolute atomic E-state index is 0.0267. The average Bonchev–Trinajstić information content (AvgIpc) is 3.33. The normalized spacial score (nSPS) is 16.3. The topological polar surface area (TPSA) is 101 Å². The van der Waals surface area contributed by atoms with Gasteiger partial charge in [-0.1, -0.05) is 60.2 Å². The Morgan fingerprint density at radius 2 is 1.69 bits per heavy atom. The standard InChI is InChI=1S/C33H27N7O2/c1-20-16-17-26(21(2)18-20)34-31-33-36-32-29(22(3)37-39(32)24-11-5-4-6-12-24)30(23-10-9-13-25(19-23)40(41)42)38(33)28-15-8-7-14-27(28)35-31/h4-19,30H,1-3H3,(H,34,35). The Morgan fingerprint density at radius 1 is 0.905 bits per heavy atom. The fourth-order valence-corrected chi connectivity index (χ4v) is 5.76. The zero-order valence-electron chi connectivity index (χ0n) is 23.3. The summed E-state index contributed by atoms with van der Waals surface area (Å²) in [6.07, 6.45) is 0. The van der Waals surface area contributed by atoms with Crippen molar-refractivity contribution in [2.24, 2.45) is 9.98 Å². The molecule has 0 amide bonds. The summed E-state index contributed by atoms with van der Waals surface area (Å²) in [5.41, 5.74) is 8.12. The maximum Gasteiger partial charge on any atom is 0.269 e. The van der Waals surface area contributed by atoms with Crippen molar-refractivity contribution in [1.29, 1.82) is 0 Å². The van der Waals surface area contributed by atoms with Gasteiger partial charge in [0.1, 0.15) is 0 Å². The number of amidine groups is 2. The largest absolute Gasteiger partial charge is 0.335 e. The minimum Gasteiger partial charge on any atom is -0.335 e. The van der Waals surface area contributed by atoms with Gasteiger partial charge in [0.25, 0.3) is 5.69 Å². The van der Waals surface area contributed by atoms with Crippen molar-refractivity contribution in [3.05, 3.63) is 135 Å². The van der Waals surface area contributed by atoms with E-state index in [-0.39, 0.29) is 10.6 Å². The number of aliphatic imine (C=N–C) groups is 2. The van der Waals surface area contributed by atoms with Gasteiger partial charge in [0.05, 0.1) is 39.4 Å². The first kappa shape index (κ1) is 25.4. The molecule has 5 aromatic rings. The number of benzene rings is 4. The van der Waals surface area contributed by atoms with Gasteiger partial charge in [0.2, 0.25) is 0 Å². The highest BCUT2D eigenvalue weighted by molar-refractivity contribution is 6.52. The van der Waals surface area contributed by atoms with Crippen molar-refractivity contribution in [2.45, 2.75) is 26.8 Å². The second kappa shape index (κ2) is 9.81. The van der Waals surface area contributed by atoms with Gasteiger partial charge in [-0.25, -0.2) is 14.7 Å². The molecule has 3 heterocycles. The van der Waals surface area contributed by atoms with Crippen molar-refractivity contribution in [3.63, 3.8) is 0 Å². The molecule has 0 saturated carbocycles. The van der Waals surface area contributed by atoms with Crippen molar-refractivity contribution in [1.82, 2.24) is 9.78 Å². The number of aryl methyl sites for hydroxylation is 3. The van der Waals surface area contributed by atoms with E-state index in [1.807, 2.05) is 91.3 Å². The van der Waals surface area contributed by atoms with Crippen molar-refractivity contribution < 1.29 is 4.92 Å². The summed E-state index contributed by atoms with van der Waals surface area (Å²) in [6.45, 7) is 6.06. The van der Waals surface area contributed by atoms with Gasteiger partial charge in [-0.15, -0.1) is 0 Å². The van der Waals surface area contributed by atoms with Gasteiger partial charge in [-0.2, -0.15) is 5.10 Å². The molecule has 0 bridgehead atoms. The van der Waals surface area contributed by atoms with Crippen LogP contribution >= 0.6 is 0 Å². The Kier molecular flexibility index (Phi) is 5.93. The zero-order valence-corrected chi connectivity index (χ0v) is 23.3. The summed E-state index contributed by atoms with van der Waals surface area (Å²) in [4.78, 5) is 23.9. The maximum atomic E-state index is 11.9. The highest BCUT2D eigenvalue weighted by Gasteiger charge is 2.42. The summed E-state index contributed by atoms with van der Waals surface area (Å²) >= 11 is 0. The third-order valence-electron chi connectivity index (χ3n) is 7.66. The average molecular weight is 554 g/mol. The Bertz CT molecular complexity index is 1940. The number of rotatable bonds is 4. The first-order valence-electron chi connectivity index (χ1n) is 13.7. The third-order valence-corrected chi connectivity index (χ3v) is 7.66. The van der Waals surface area contributed by atoms with E-state index in [0.717, 1.165) is 50.7 Å². The molecule has 1 aromatic heterocycles. The van der Waals surface area contributed by atoms with Crippen LogP contribution in [0.15, 0.2) is 107 Å². The van der Waals surface area contributed by atoms with Gasteiger partial charge in [-0.05, 0) is 62.2 Å². The number of nitro groups is 1. The van der Waals surface area contributed by atoms with Crippen LogP contribution in [0, 0.1) is 30.9 Å². The van der Waals surface area contributed by atoms with Crippen LogP contribution in [-0.2, 0) is 0 Å². The first-order chi connectivity index (χ1) is 20.4. The molecule has 0 fully saturated rings. The number of hydrogen-bond donors (Lipinski definition) is 1. The van der Waals surface area contributed by atoms with Gasteiger partial charge in [-0.3, -0.25) is 10.1 Å². The monoisotopic (exact) mass is 553 g/mol. The van der Waals surface area contributed by atoms with Crippen LogP contribution in [-0.4, -0.2) is 26.4 Å². The minimum atomic E-state index is -0.447. The van der Waals surface area contributed by atoms with Crippen LogP contribution in [0.3, 0.4) is 0 Å². The second-order valence-electron chi connectivity index (χ2n) is 10.5. The molecule has 4 aromatic carbocycles. The van der Waals surface area contributed by atoms with Crippen LogP contribution in [0.4, 0.5) is 28.6 Å². The van der Waals surface area contributed by atoms with Crippen LogP contribution in [0.5, 0.6) is 0 Å². The Hall–Kier alpha value is -5.57. The molecular formula is C33H27N7O2. The molecule has 0 aliphatic carbocycles. The van der Waals surface area contributed by atoms with Gasteiger partial charge in [0, 0.05) is 17.7 Å². The molecule has 9 nitrogen and oxygen atoms in total. The molecule has 9 heteroatoms. The van der Waals surface area contributed by atoms with Crippen molar-refractivity contribution in [3.8, 4) is 5.69 Å². The maximum absolute atomic E-state index is 11.9. The van der Waals surface area contributed by atoms with Crippen LogP contribution < -0.4 is 10.2 Å². The summed E-state index contributed by atoms with van der Waals surface area (Å²) in [5, 5.41) is 20.3. The van der Waals surface area contributed by atoms with E-state index in [1.54, 1.807) is 12.1 Å². The SMILES string of the molecule is Cc1ccc(N=C2Nc3ccccc3N3C2=Nc2c(c(C)nn2-c2ccccc2)C3c2cccc([N+](=O)[O-])c2)c(C)c1. The number of fused-ring (bicyclic) bond motifs is 4. The highest BCUT2D eigenvalue weighted by Crippen LogP contribution is 2.48. The number of nitro benzene ring substituents is 1. The molecular weight excluding hydrogens is 526 g/mol. The lowest BCUT2D eigenvalue weighted by Gasteiger charge is -2.41. The lowest BCUT2D eigenvalue weighted by molar-refractivity contribution is -0.384. The quantitative estimate of drug-likeness (QED) is 0.183. The van der Waals surface area contributed by atoms with Crippen molar-refractivity contribution in [2.75, 3.05) is 10.2 Å². The molecule has 2 aliphatic heterocycles. The van der Waals surface area contributed by atoms with Gasteiger partial charge in [0.15, 0.2) is 17.5 Å². The lowest BCUT2D eigenvalue weighted by atomic mass is 9.93. The molecule has 1 unspecified atom stereocenters. The van der Waals surface area contributed by atoms with Gasteiger partial charge >= 0.3 is 0 Å². The smallest absolute Gasteiger partial charge is 0.269 e. The van der Waals surface area contributed by atoms with Gasteiger partial charge < -0.3 is 10.2 Å². The molecule has 0 saturated heterocycles. The van der Waals surface area contributed by atoms with Crippen LogP contribution in [0.2, 0.25) is 0 Å². The summed E-state index contributed by atoms with van der Waals surface area (Å²) in [7, 11) is 0. The summed E-state index contributed by atoms with van der Waals surface area (Å²) in [5.74, 6) is 1.85. The fourth-order valence-electron chi connectivity index (χ4n) is 5.76. The van der Waals surface area contributed by atoms with E-state index in [2.05, 4.69) is 23.2 Å². The van der Waals surface area contributed by atoms with Crippen LogP contribution in [0.25, 0.3) is 5.69 Å². The molecule has 206 valence electrons. The molecule has 1 N–H and O–H groups in total. The predicted octanol–water partition coefficient (Wildman–Crippen LogP) is 7.50. The lowest BCUT2D eigenvalue weighted by Crippen LogP contribution is -2.48. The van der Waals surface area contributed by atoms with Crippen molar-refractivity contribution >= 4 is 40.2 Å². The molecule has 2 aliphatic rings. The molecule has 0 radical (unpaired) electrons.